The van der Waals surface area contributed by atoms with Gasteiger partial charge in [0.1, 0.15) is 0 Å². The van der Waals surface area contributed by atoms with Crippen LogP contribution >= 0.6 is 0 Å². The number of rotatable bonds is 4. The van der Waals surface area contributed by atoms with E-state index in [1.807, 2.05) is 13.0 Å². The van der Waals surface area contributed by atoms with Crippen molar-refractivity contribution in [3.05, 3.63) is 36.2 Å². The van der Waals surface area contributed by atoms with Gasteiger partial charge in [-0.2, -0.15) is 0 Å². The SMILES string of the molecule is C=CNC1=CCC(CC)C(C(F)F)=C1. The molecule has 1 nitrogen and oxygen atoms in total. The minimum atomic E-state index is -2.35. The minimum absolute atomic E-state index is 0.00892. The van der Waals surface area contributed by atoms with Crippen LogP contribution in [0.4, 0.5) is 8.78 Å². The van der Waals surface area contributed by atoms with Crippen LogP contribution in [-0.4, -0.2) is 6.43 Å². The molecule has 0 aromatic heterocycles. The van der Waals surface area contributed by atoms with E-state index < -0.39 is 6.43 Å². The molecule has 0 saturated heterocycles. The van der Waals surface area contributed by atoms with Crippen LogP contribution in [0.3, 0.4) is 0 Å². The van der Waals surface area contributed by atoms with Crippen molar-refractivity contribution in [1.82, 2.24) is 5.32 Å². The van der Waals surface area contributed by atoms with E-state index in [0.29, 0.717) is 6.42 Å². The number of alkyl halides is 2. The van der Waals surface area contributed by atoms with E-state index in [2.05, 4.69) is 11.9 Å². The third-order valence-electron chi connectivity index (χ3n) is 2.43. The maximum atomic E-state index is 12.6. The van der Waals surface area contributed by atoms with Crippen LogP contribution in [0.1, 0.15) is 19.8 Å². The van der Waals surface area contributed by atoms with Crippen LogP contribution in [-0.2, 0) is 0 Å². The summed E-state index contributed by atoms with van der Waals surface area (Å²) in [5.74, 6) is -0.00892. The molecule has 78 valence electrons. The van der Waals surface area contributed by atoms with Crippen molar-refractivity contribution >= 4 is 0 Å². The number of hydrogen-bond donors (Lipinski definition) is 1. The van der Waals surface area contributed by atoms with Crippen molar-refractivity contribution in [2.75, 3.05) is 0 Å². The second-order valence-electron chi connectivity index (χ2n) is 3.29. The van der Waals surface area contributed by atoms with Gasteiger partial charge < -0.3 is 5.32 Å². The zero-order chi connectivity index (χ0) is 10.6. The Bertz CT molecular complexity index is 266. The maximum Gasteiger partial charge on any atom is 0.260 e. The molecule has 0 amide bonds. The van der Waals surface area contributed by atoms with E-state index in [9.17, 15) is 8.78 Å². The normalized spacial score (nSPS) is 21.6. The Balaban J connectivity index is 2.80. The molecule has 1 aliphatic rings. The average Bonchev–Trinajstić information content (AvgIpc) is 2.18. The first-order chi connectivity index (χ1) is 6.69. The lowest BCUT2D eigenvalue weighted by molar-refractivity contribution is 0.172. The topological polar surface area (TPSA) is 12.0 Å². The van der Waals surface area contributed by atoms with Gasteiger partial charge >= 0.3 is 0 Å². The molecular formula is C11H15F2N. The first-order valence-electron chi connectivity index (χ1n) is 4.76. The van der Waals surface area contributed by atoms with E-state index in [-0.39, 0.29) is 11.5 Å². The van der Waals surface area contributed by atoms with Gasteiger partial charge in [0, 0.05) is 11.3 Å². The number of allylic oxidation sites excluding steroid dienone is 3. The van der Waals surface area contributed by atoms with Crippen LogP contribution in [0.2, 0.25) is 0 Å². The fourth-order valence-electron chi connectivity index (χ4n) is 1.62. The molecule has 1 atom stereocenters. The standard InChI is InChI=1S/C11H15F2N/c1-3-8-5-6-9(14-4-2)7-10(8)11(12)13/h4,6-8,11,14H,2-3,5H2,1H3. The third-order valence-corrected chi connectivity index (χ3v) is 2.43. The average molecular weight is 199 g/mol. The highest BCUT2D eigenvalue weighted by molar-refractivity contribution is 5.30. The van der Waals surface area contributed by atoms with Crippen molar-refractivity contribution in [3.63, 3.8) is 0 Å². The van der Waals surface area contributed by atoms with Gasteiger partial charge in [-0.3, -0.25) is 0 Å². The molecule has 0 heterocycles. The largest absolute Gasteiger partial charge is 0.363 e. The molecule has 0 aromatic rings. The van der Waals surface area contributed by atoms with Gasteiger partial charge in [-0.15, -0.1) is 0 Å². The summed E-state index contributed by atoms with van der Waals surface area (Å²) in [6.45, 7) is 5.43. The third kappa shape index (κ3) is 2.44. The minimum Gasteiger partial charge on any atom is -0.363 e. The Labute approximate surface area is 83.2 Å². The first-order valence-corrected chi connectivity index (χ1v) is 4.76. The van der Waals surface area contributed by atoms with Crippen molar-refractivity contribution in [2.24, 2.45) is 5.92 Å². The van der Waals surface area contributed by atoms with Crippen molar-refractivity contribution in [3.8, 4) is 0 Å². The Hall–Kier alpha value is -1.12. The Morgan fingerprint density at radius 1 is 1.71 bits per heavy atom. The lowest BCUT2D eigenvalue weighted by Gasteiger charge is -2.22. The summed E-state index contributed by atoms with van der Waals surface area (Å²) in [7, 11) is 0. The van der Waals surface area contributed by atoms with E-state index in [1.54, 1.807) is 0 Å². The molecule has 0 fully saturated rings. The van der Waals surface area contributed by atoms with Gasteiger partial charge in [0.15, 0.2) is 0 Å². The van der Waals surface area contributed by atoms with Gasteiger partial charge in [0.25, 0.3) is 6.43 Å². The highest BCUT2D eigenvalue weighted by atomic mass is 19.3. The predicted octanol–water partition coefficient (Wildman–Crippen LogP) is 3.22. The Morgan fingerprint density at radius 3 is 2.93 bits per heavy atom. The molecule has 3 heteroatoms. The van der Waals surface area contributed by atoms with E-state index in [4.69, 9.17) is 0 Å². The van der Waals surface area contributed by atoms with E-state index >= 15 is 0 Å². The van der Waals surface area contributed by atoms with Crippen LogP contribution < -0.4 is 5.32 Å². The summed E-state index contributed by atoms with van der Waals surface area (Å²) in [5, 5.41) is 2.83. The molecular weight excluding hydrogens is 184 g/mol. The molecule has 14 heavy (non-hydrogen) atoms. The molecule has 0 aromatic carbocycles. The van der Waals surface area contributed by atoms with Crippen LogP contribution in [0, 0.1) is 5.92 Å². The van der Waals surface area contributed by atoms with Gasteiger partial charge in [-0.05, 0) is 31.0 Å². The van der Waals surface area contributed by atoms with Crippen molar-refractivity contribution in [2.45, 2.75) is 26.2 Å². The van der Waals surface area contributed by atoms with Gasteiger partial charge in [0.2, 0.25) is 0 Å². The quantitative estimate of drug-likeness (QED) is 0.733. The highest BCUT2D eigenvalue weighted by Crippen LogP contribution is 2.30. The number of nitrogens with one attached hydrogen (secondary N) is 1. The van der Waals surface area contributed by atoms with Crippen LogP contribution in [0.5, 0.6) is 0 Å². The maximum absolute atomic E-state index is 12.6. The van der Waals surface area contributed by atoms with Gasteiger partial charge in [0.05, 0.1) is 0 Å². The van der Waals surface area contributed by atoms with Crippen molar-refractivity contribution < 1.29 is 8.78 Å². The first kappa shape index (κ1) is 11.0. The fourth-order valence-corrected chi connectivity index (χ4v) is 1.62. The molecule has 1 unspecified atom stereocenters. The van der Waals surface area contributed by atoms with Gasteiger partial charge in [-0.25, -0.2) is 8.78 Å². The summed E-state index contributed by atoms with van der Waals surface area (Å²) in [5.41, 5.74) is 0.958. The van der Waals surface area contributed by atoms with Gasteiger partial charge in [-0.1, -0.05) is 19.6 Å². The molecule has 1 aliphatic carbocycles. The molecule has 0 bridgehead atoms. The van der Waals surface area contributed by atoms with Crippen LogP contribution in [0.15, 0.2) is 36.2 Å². The second kappa shape index (κ2) is 4.94. The number of hydrogen-bond acceptors (Lipinski definition) is 1. The zero-order valence-corrected chi connectivity index (χ0v) is 8.26. The summed E-state index contributed by atoms with van der Waals surface area (Å²) in [6.07, 6.45) is 4.05. The molecule has 0 radical (unpaired) electrons. The van der Waals surface area contributed by atoms with E-state index in [1.165, 1.54) is 12.3 Å². The zero-order valence-electron chi connectivity index (χ0n) is 8.26. The summed E-state index contributed by atoms with van der Waals surface area (Å²) < 4.78 is 25.2. The Kier molecular flexibility index (Phi) is 3.86. The smallest absolute Gasteiger partial charge is 0.260 e. The monoisotopic (exact) mass is 199 g/mol. The molecule has 1 rings (SSSR count). The van der Waals surface area contributed by atoms with Crippen molar-refractivity contribution in [1.29, 1.82) is 0 Å². The second-order valence-corrected chi connectivity index (χ2v) is 3.29. The summed E-state index contributed by atoms with van der Waals surface area (Å²) >= 11 is 0. The number of halogens is 2. The molecule has 0 spiro atoms. The molecule has 0 aliphatic heterocycles. The molecule has 1 N–H and O–H groups in total. The Morgan fingerprint density at radius 2 is 2.43 bits per heavy atom. The summed E-state index contributed by atoms with van der Waals surface area (Å²) in [4.78, 5) is 0. The highest BCUT2D eigenvalue weighted by Gasteiger charge is 2.23. The lowest BCUT2D eigenvalue weighted by atomic mass is 9.88. The predicted molar refractivity (Wildman–Crippen MR) is 53.9 cm³/mol. The molecule has 0 saturated carbocycles. The van der Waals surface area contributed by atoms with E-state index in [0.717, 1.165) is 12.1 Å². The van der Waals surface area contributed by atoms with Crippen LogP contribution in [0.25, 0.3) is 0 Å². The lowest BCUT2D eigenvalue weighted by Crippen LogP contribution is -2.16. The summed E-state index contributed by atoms with van der Waals surface area (Å²) in [6, 6.07) is 0. The fraction of sp³-hybridized carbons (Fsp3) is 0.455.